The topological polar surface area (TPSA) is 110 Å². The Morgan fingerprint density at radius 3 is 2.66 bits per heavy atom. The summed E-state index contributed by atoms with van der Waals surface area (Å²) in [6, 6.07) is 11.4. The minimum absolute atomic E-state index is 0.0960. The third-order valence-electron chi connectivity index (χ3n) is 4.77. The van der Waals surface area contributed by atoms with E-state index in [0.29, 0.717) is 11.6 Å². The van der Waals surface area contributed by atoms with Gasteiger partial charge in [0, 0.05) is 31.6 Å². The lowest BCUT2D eigenvalue weighted by molar-refractivity contribution is -0.116. The maximum absolute atomic E-state index is 12.5. The van der Waals surface area contributed by atoms with E-state index in [2.05, 4.69) is 15.3 Å². The number of aryl methyl sites for hydroxylation is 1. The zero-order valence-corrected chi connectivity index (χ0v) is 19.1. The molecule has 0 fully saturated rings. The Morgan fingerprint density at radius 1 is 1.19 bits per heavy atom. The van der Waals surface area contributed by atoms with Gasteiger partial charge in [-0.3, -0.25) is 9.78 Å². The smallest absolute Gasteiger partial charge is 0.410 e. The van der Waals surface area contributed by atoms with Crippen molar-refractivity contribution in [3.63, 3.8) is 0 Å². The second-order valence-electron chi connectivity index (χ2n) is 8.69. The summed E-state index contributed by atoms with van der Waals surface area (Å²) in [6.07, 6.45) is 1.37. The number of nitrogens with one attached hydrogen (secondary N) is 1. The van der Waals surface area contributed by atoms with Gasteiger partial charge in [-0.2, -0.15) is 0 Å². The highest BCUT2D eigenvalue weighted by molar-refractivity contribution is 5.98. The molecule has 0 unspecified atom stereocenters. The number of hydrogen-bond donors (Lipinski definition) is 2. The van der Waals surface area contributed by atoms with Gasteiger partial charge in [0.1, 0.15) is 17.2 Å². The largest absolute Gasteiger partial charge is 0.444 e. The van der Waals surface area contributed by atoms with E-state index < -0.39 is 11.7 Å². The molecule has 0 bridgehead atoms. The first-order chi connectivity index (χ1) is 15.0. The molecule has 0 saturated heterocycles. The number of benzene rings is 1. The molecule has 3 aromatic rings. The second kappa shape index (κ2) is 9.21. The van der Waals surface area contributed by atoms with Crippen LogP contribution < -0.4 is 11.1 Å². The standard InChI is InChI=1S/C24H29N5O3/c1-15-8-9-18-17(7-6-11-26-18)22(15)16-13-19(25)27-20(14-16)28-21(30)10-12-29(5)23(31)32-24(2,3)4/h6-9,11,13-14H,10,12H2,1-5H3,(H3,25,27,28,30). The first-order valence-electron chi connectivity index (χ1n) is 10.4. The van der Waals surface area contributed by atoms with E-state index in [1.807, 2.05) is 31.2 Å². The van der Waals surface area contributed by atoms with E-state index in [9.17, 15) is 9.59 Å². The molecule has 168 valence electrons. The van der Waals surface area contributed by atoms with Gasteiger partial charge in [-0.05, 0) is 68.7 Å². The van der Waals surface area contributed by atoms with Crippen LogP contribution in [0.1, 0.15) is 32.8 Å². The maximum atomic E-state index is 12.5. The molecule has 0 spiro atoms. The Bertz CT molecular complexity index is 1150. The molecular formula is C24H29N5O3. The van der Waals surface area contributed by atoms with Gasteiger partial charge in [-0.25, -0.2) is 9.78 Å². The van der Waals surface area contributed by atoms with Crippen molar-refractivity contribution < 1.29 is 14.3 Å². The fourth-order valence-corrected chi connectivity index (χ4v) is 3.31. The molecule has 3 rings (SSSR count). The Balaban J connectivity index is 1.76. The Hall–Kier alpha value is -3.68. The Labute approximate surface area is 187 Å². The van der Waals surface area contributed by atoms with Crippen LogP contribution in [0.15, 0.2) is 42.6 Å². The lowest BCUT2D eigenvalue weighted by atomic mass is 9.96. The monoisotopic (exact) mass is 435 g/mol. The van der Waals surface area contributed by atoms with Crippen molar-refractivity contribution in [2.75, 3.05) is 24.6 Å². The van der Waals surface area contributed by atoms with Crippen molar-refractivity contribution in [3.05, 3.63) is 48.2 Å². The number of hydrogen-bond acceptors (Lipinski definition) is 6. The summed E-state index contributed by atoms with van der Waals surface area (Å²) in [7, 11) is 1.59. The van der Waals surface area contributed by atoms with E-state index in [1.54, 1.807) is 46.1 Å². The van der Waals surface area contributed by atoms with Crippen LogP contribution in [-0.4, -0.2) is 46.1 Å². The number of aromatic nitrogens is 2. The van der Waals surface area contributed by atoms with E-state index in [1.165, 1.54) is 4.90 Å². The van der Waals surface area contributed by atoms with Crippen molar-refractivity contribution in [2.24, 2.45) is 0 Å². The van der Waals surface area contributed by atoms with Crippen LogP contribution in [0.3, 0.4) is 0 Å². The fourth-order valence-electron chi connectivity index (χ4n) is 3.31. The van der Waals surface area contributed by atoms with Crippen LogP contribution in [0.4, 0.5) is 16.4 Å². The van der Waals surface area contributed by atoms with E-state index in [4.69, 9.17) is 10.5 Å². The summed E-state index contributed by atoms with van der Waals surface area (Å²) in [5, 5.41) is 3.77. The first-order valence-corrected chi connectivity index (χ1v) is 10.4. The number of carbonyl (C=O) groups excluding carboxylic acids is 2. The van der Waals surface area contributed by atoms with Crippen molar-refractivity contribution in [1.29, 1.82) is 0 Å². The molecule has 2 aromatic heterocycles. The number of nitrogen functional groups attached to an aromatic ring is 1. The molecule has 8 heteroatoms. The number of anilines is 2. The molecule has 0 radical (unpaired) electrons. The van der Waals surface area contributed by atoms with Crippen molar-refractivity contribution in [3.8, 4) is 11.1 Å². The zero-order chi connectivity index (χ0) is 23.5. The van der Waals surface area contributed by atoms with Crippen LogP contribution in [0.2, 0.25) is 0 Å². The summed E-state index contributed by atoms with van der Waals surface area (Å²) in [6.45, 7) is 7.61. The van der Waals surface area contributed by atoms with Crippen LogP contribution >= 0.6 is 0 Å². The summed E-state index contributed by atoms with van der Waals surface area (Å²) < 4.78 is 5.30. The maximum Gasteiger partial charge on any atom is 0.410 e. The molecule has 1 aromatic carbocycles. The highest BCUT2D eigenvalue weighted by atomic mass is 16.6. The van der Waals surface area contributed by atoms with E-state index >= 15 is 0 Å². The van der Waals surface area contributed by atoms with E-state index in [0.717, 1.165) is 27.6 Å². The second-order valence-corrected chi connectivity index (χ2v) is 8.69. The number of nitrogens with two attached hydrogens (primary N) is 1. The Morgan fingerprint density at radius 2 is 1.94 bits per heavy atom. The lowest BCUT2D eigenvalue weighted by Crippen LogP contribution is -2.35. The molecule has 0 aliphatic rings. The fraction of sp³-hybridized carbons (Fsp3) is 0.333. The van der Waals surface area contributed by atoms with Gasteiger partial charge in [-0.15, -0.1) is 0 Å². The average molecular weight is 436 g/mol. The van der Waals surface area contributed by atoms with Gasteiger partial charge in [0.25, 0.3) is 0 Å². The number of rotatable bonds is 5. The molecule has 3 N–H and O–H groups in total. The molecular weight excluding hydrogens is 406 g/mol. The minimum atomic E-state index is -0.593. The van der Waals surface area contributed by atoms with Gasteiger partial charge in [0.15, 0.2) is 0 Å². The number of nitrogens with zero attached hydrogens (tertiary/aromatic N) is 3. The van der Waals surface area contributed by atoms with E-state index in [-0.39, 0.29) is 18.9 Å². The molecule has 8 nitrogen and oxygen atoms in total. The highest BCUT2D eigenvalue weighted by Gasteiger charge is 2.20. The quantitative estimate of drug-likeness (QED) is 0.615. The molecule has 2 heterocycles. The first kappa shape index (κ1) is 23.0. The number of amides is 2. The zero-order valence-electron chi connectivity index (χ0n) is 19.1. The predicted octanol–water partition coefficient (Wildman–Crippen LogP) is 4.38. The van der Waals surface area contributed by atoms with Gasteiger partial charge in [-0.1, -0.05) is 12.1 Å². The number of ether oxygens (including phenoxy) is 1. The van der Waals surface area contributed by atoms with Crippen LogP contribution in [0.25, 0.3) is 22.0 Å². The van der Waals surface area contributed by atoms with Crippen LogP contribution in [-0.2, 0) is 9.53 Å². The Kier molecular flexibility index (Phi) is 6.62. The SMILES string of the molecule is Cc1ccc2ncccc2c1-c1cc(N)nc(NC(=O)CCN(C)C(=O)OC(C)(C)C)c1. The lowest BCUT2D eigenvalue weighted by Gasteiger charge is -2.24. The minimum Gasteiger partial charge on any atom is -0.444 e. The van der Waals surface area contributed by atoms with Crippen molar-refractivity contribution >= 4 is 34.5 Å². The predicted molar refractivity (Wildman–Crippen MR) is 126 cm³/mol. The summed E-state index contributed by atoms with van der Waals surface area (Å²) in [5.41, 5.74) is 9.22. The third kappa shape index (κ3) is 5.72. The summed E-state index contributed by atoms with van der Waals surface area (Å²) >= 11 is 0. The van der Waals surface area contributed by atoms with Crippen molar-refractivity contribution in [2.45, 2.75) is 39.7 Å². The van der Waals surface area contributed by atoms with Gasteiger partial charge in [0.2, 0.25) is 5.91 Å². The van der Waals surface area contributed by atoms with Gasteiger partial charge >= 0.3 is 6.09 Å². The third-order valence-corrected chi connectivity index (χ3v) is 4.77. The van der Waals surface area contributed by atoms with Gasteiger partial charge < -0.3 is 20.7 Å². The summed E-state index contributed by atoms with van der Waals surface area (Å²) in [4.78, 5) is 34.6. The molecule has 2 amide bonds. The molecule has 0 saturated carbocycles. The summed E-state index contributed by atoms with van der Waals surface area (Å²) in [5.74, 6) is 0.370. The number of pyridine rings is 2. The van der Waals surface area contributed by atoms with Crippen LogP contribution in [0.5, 0.6) is 0 Å². The normalized spacial score (nSPS) is 11.3. The number of fused-ring (bicyclic) bond motifs is 1. The average Bonchev–Trinajstić information content (AvgIpc) is 2.70. The molecule has 32 heavy (non-hydrogen) atoms. The molecule has 0 aliphatic carbocycles. The van der Waals surface area contributed by atoms with Crippen molar-refractivity contribution in [1.82, 2.24) is 14.9 Å². The van der Waals surface area contributed by atoms with Crippen LogP contribution in [0, 0.1) is 6.92 Å². The van der Waals surface area contributed by atoms with Gasteiger partial charge in [0.05, 0.1) is 5.52 Å². The highest BCUT2D eigenvalue weighted by Crippen LogP contribution is 2.33. The molecule has 0 atom stereocenters. The molecule has 0 aliphatic heterocycles. The number of carbonyl (C=O) groups is 2.